The molecule has 29 heavy (non-hydrogen) atoms. The zero-order valence-electron chi connectivity index (χ0n) is 14.5. The van der Waals surface area contributed by atoms with Crippen molar-refractivity contribution >= 4 is 39.1 Å². The van der Waals surface area contributed by atoms with Gasteiger partial charge in [0.1, 0.15) is 16.4 Å². The molecule has 0 unspecified atom stereocenters. The molecule has 1 amide bonds. The summed E-state index contributed by atoms with van der Waals surface area (Å²) in [6.45, 7) is 1.41. The topological polar surface area (TPSA) is 118 Å². The van der Waals surface area contributed by atoms with Gasteiger partial charge < -0.3 is 0 Å². The van der Waals surface area contributed by atoms with E-state index in [-0.39, 0.29) is 37.6 Å². The molecule has 3 rings (SSSR count). The van der Waals surface area contributed by atoms with Crippen LogP contribution in [0.4, 0.5) is 4.39 Å². The molecule has 0 atom stereocenters. The summed E-state index contributed by atoms with van der Waals surface area (Å²) in [6, 6.07) is 9.22. The zero-order valence-corrected chi connectivity index (χ0v) is 16.8. The number of nitriles is 1. The minimum absolute atomic E-state index is 0.0613. The summed E-state index contributed by atoms with van der Waals surface area (Å²) < 4.78 is 42.0. The number of hydrogen-bond acceptors (Lipinski definition) is 6. The lowest BCUT2D eigenvalue weighted by atomic mass is 10.2. The lowest BCUT2D eigenvalue weighted by molar-refractivity contribution is 0.0976. The van der Waals surface area contributed by atoms with E-state index in [2.05, 4.69) is 10.3 Å². The standard InChI is InChI=1S/C17H10Cl2FN5O3S/c1-9-16(22-24-25(9)14-5-2-10(8-21)6-13(14)20)17(26)23-29(27,28)15-7-11(18)3-4-12(15)19/h2-7H,1H3,(H,23,26). The van der Waals surface area contributed by atoms with Gasteiger partial charge >= 0.3 is 0 Å². The van der Waals surface area contributed by atoms with Crippen molar-refractivity contribution in [1.82, 2.24) is 19.7 Å². The number of rotatable bonds is 4. The Morgan fingerprint density at radius 1 is 1.24 bits per heavy atom. The van der Waals surface area contributed by atoms with Crippen LogP contribution in [0, 0.1) is 24.1 Å². The highest BCUT2D eigenvalue weighted by molar-refractivity contribution is 7.90. The molecule has 0 saturated heterocycles. The lowest BCUT2D eigenvalue weighted by Crippen LogP contribution is -2.31. The van der Waals surface area contributed by atoms with E-state index in [9.17, 15) is 17.6 Å². The Morgan fingerprint density at radius 3 is 2.62 bits per heavy atom. The molecule has 1 heterocycles. The van der Waals surface area contributed by atoms with Gasteiger partial charge in [0.05, 0.1) is 22.3 Å². The van der Waals surface area contributed by atoms with E-state index in [0.717, 1.165) is 16.8 Å². The fourth-order valence-corrected chi connectivity index (χ4v) is 4.14. The van der Waals surface area contributed by atoms with Crippen LogP contribution in [-0.2, 0) is 10.0 Å². The molecule has 8 nitrogen and oxygen atoms in total. The quantitative estimate of drug-likeness (QED) is 0.648. The van der Waals surface area contributed by atoms with Gasteiger partial charge in [-0.25, -0.2) is 22.2 Å². The van der Waals surface area contributed by atoms with Crippen molar-refractivity contribution in [1.29, 1.82) is 5.26 Å². The number of carbonyl (C=O) groups is 1. The minimum Gasteiger partial charge on any atom is -0.266 e. The highest BCUT2D eigenvalue weighted by Gasteiger charge is 2.26. The predicted octanol–water partition coefficient (Wildman–Crippen LogP) is 3.01. The molecule has 1 aromatic heterocycles. The summed E-state index contributed by atoms with van der Waals surface area (Å²) in [6.07, 6.45) is 0. The van der Waals surface area contributed by atoms with E-state index in [0.29, 0.717) is 0 Å². The molecule has 0 aliphatic carbocycles. The third-order valence-electron chi connectivity index (χ3n) is 3.82. The Morgan fingerprint density at radius 2 is 1.97 bits per heavy atom. The van der Waals surface area contributed by atoms with E-state index < -0.39 is 21.7 Å². The average molecular weight is 454 g/mol. The van der Waals surface area contributed by atoms with Crippen LogP contribution in [0.2, 0.25) is 10.0 Å². The first-order chi connectivity index (χ1) is 13.6. The van der Waals surface area contributed by atoms with Crippen LogP contribution in [-0.4, -0.2) is 29.3 Å². The van der Waals surface area contributed by atoms with Crippen LogP contribution in [0.5, 0.6) is 0 Å². The second-order valence-electron chi connectivity index (χ2n) is 5.72. The minimum atomic E-state index is -4.35. The van der Waals surface area contributed by atoms with Crippen LogP contribution in [0.25, 0.3) is 5.69 Å². The van der Waals surface area contributed by atoms with Crippen molar-refractivity contribution < 1.29 is 17.6 Å². The van der Waals surface area contributed by atoms with Gasteiger partial charge in [0, 0.05) is 5.02 Å². The predicted molar refractivity (Wildman–Crippen MR) is 102 cm³/mol. The third kappa shape index (κ3) is 4.07. The Kier molecular flexibility index (Phi) is 5.57. The Balaban J connectivity index is 1.94. The molecule has 0 aliphatic heterocycles. The smallest absolute Gasteiger partial charge is 0.266 e. The van der Waals surface area contributed by atoms with Gasteiger partial charge in [-0.05, 0) is 43.3 Å². The van der Waals surface area contributed by atoms with E-state index in [4.69, 9.17) is 28.5 Å². The molecular weight excluding hydrogens is 444 g/mol. The summed E-state index contributed by atoms with van der Waals surface area (Å²) in [5.74, 6) is -1.85. The number of hydrogen-bond donors (Lipinski definition) is 1. The molecule has 148 valence electrons. The molecule has 0 fully saturated rings. The SMILES string of the molecule is Cc1c(C(=O)NS(=O)(=O)c2cc(Cl)ccc2Cl)nnn1-c1ccc(C#N)cc1F. The lowest BCUT2D eigenvalue weighted by Gasteiger charge is -2.08. The molecule has 0 aliphatic rings. The maximum atomic E-state index is 14.2. The second-order valence-corrected chi connectivity index (χ2v) is 8.22. The van der Waals surface area contributed by atoms with E-state index in [1.54, 1.807) is 6.07 Å². The normalized spacial score (nSPS) is 11.1. The maximum absolute atomic E-state index is 14.2. The van der Waals surface area contributed by atoms with E-state index in [1.165, 1.54) is 31.2 Å². The molecule has 1 N–H and O–H groups in total. The number of aromatic nitrogens is 3. The third-order valence-corrected chi connectivity index (χ3v) is 5.87. The number of nitrogens with one attached hydrogen (secondary N) is 1. The zero-order chi connectivity index (χ0) is 21.3. The van der Waals surface area contributed by atoms with Crippen LogP contribution in [0.3, 0.4) is 0 Å². The molecule has 3 aromatic rings. The average Bonchev–Trinajstić information content (AvgIpc) is 3.04. The van der Waals surface area contributed by atoms with Crippen LogP contribution in [0.15, 0.2) is 41.3 Å². The number of sulfonamides is 1. The number of halogens is 3. The molecule has 0 saturated carbocycles. The Labute approximate surface area is 174 Å². The number of nitrogens with zero attached hydrogens (tertiary/aromatic N) is 4. The van der Waals surface area contributed by atoms with Crippen molar-refractivity contribution in [2.45, 2.75) is 11.8 Å². The maximum Gasteiger partial charge on any atom is 0.287 e. The van der Waals surface area contributed by atoms with E-state index in [1.807, 2.05) is 4.72 Å². The van der Waals surface area contributed by atoms with Gasteiger partial charge in [-0.2, -0.15) is 5.26 Å². The highest BCUT2D eigenvalue weighted by atomic mass is 35.5. The first kappa shape index (κ1) is 20.7. The van der Waals surface area contributed by atoms with Crippen molar-refractivity contribution in [3.8, 4) is 11.8 Å². The molecule has 0 bridgehead atoms. The summed E-state index contributed by atoms with van der Waals surface area (Å²) in [7, 11) is -4.35. The Bertz CT molecular complexity index is 1280. The summed E-state index contributed by atoms with van der Waals surface area (Å²) in [5, 5.41) is 16.1. The summed E-state index contributed by atoms with van der Waals surface area (Å²) in [5.41, 5.74) is -0.214. The van der Waals surface area contributed by atoms with Crippen molar-refractivity contribution in [3.63, 3.8) is 0 Å². The molecule has 2 aromatic carbocycles. The number of benzene rings is 2. The van der Waals surface area contributed by atoms with Crippen LogP contribution >= 0.6 is 23.2 Å². The molecule has 0 spiro atoms. The largest absolute Gasteiger partial charge is 0.287 e. The number of carbonyl (C=O) groups excluding carboxylic acids is 1. The van der Waals surface area contributed by atoms with Crippen molar-refractivity contribution in [2.75, 3.05) is 0 Å². The fraction of sp³-hybridized carbons (Fsp3) is 0.0588. The summed E-state index contributed by atoms with van der Waals surface area (Å²) >= 11 is 11.7. The van der Waals surface area contributed by atoms with Crippen molar-refractivity contribution in [2.24, 2.45) is 0 Å². The molecule has 0 radical (unpaired) electrons. The van der Waals surface area contributed by atoms with Gasteiger partial charge in [-0.3, -0.25) is 4.79 Å². The van der Waals surface area contributed by atoms with Gasteiger partial charge in [0.2, 0.25) is 0 Å². The van der Waals surface area contributed by atoms with Crippen LogP contribution in [0.1, 0.15) is 21.7 Å². The molecular formula is C17H10Cl2FN5O3S. The number of amides is 1. The monoisotopic (exact) mass is 453 g/mol. The first-order valence-electron chi connectivity index (χ1n) is 7.78. The highest BCUT2D eigenvalue weighted by Crippen LogP contribution is 2.25. The molecule has 12 heteroatoms. The van der Waals surface area contributed by atoms with Gasteiger partial charge in [0.25, 0.3) is 15.9 Å². The first-order valence-corrected chi connectivity index (χ1v) is 10.0. The summed E-state index contributed by atoms with van der Waals surface area (Å²) in [4.78, 5) is 12.1. The van der Waals surface area contributed by atoms with Gasteiger partial charge in [-0.15, -0.1) is 5.10 Å². The van der Waals surface area contributed by atoms with E-state index >= 15 is 0 Å². The van der Waals surface area contributed by atoms with Crippen LogP contribution < -0.4 is 4.72 Å². The van der Waals surface area contributed by atoms with Crippen molar-refractivity contribution in [3.05, 3.63) is 69.2 Å². The Hall–Kier alpha value is -3.00. The second kappa shape index (κ2) is 7.79. The van der Waals surface area contributed by atoms with Gasteiger partial charge in [-0.1, -0.05) is 28.4 Å². The fourth-order valence-electron chi connectivity index (χ4n) is 2.42. The van der Waals surface area contributed by atoms with Gasteiger partial charge in [0.15, 0.2) is 5.69 Å².